The fourth-order valence-electron chi connectivity index (χ4n) is 1.51. The second kappa shape index (κ2) is 4.75. The molecule has 1 N–H and O–H groups in total. The predicted molar refractivity (Wildman–Crippen MR) is 55.2 cm³/mol. The zero-order valence-corrected chi connectivity index (χ0v) is 9.56. The van der Waals surface area contributed by atoms with Crippen molar-refractivity contribution < 1.29 is 4.74 Å². The molecule has 5 heteroatoms. The second-order valence-corrected chi connectivity index (χ2v) is 3.41. The Morgan fingerprint density at radius 1 is 1.43 bits per heavy atom. The number of nitrogens with zero attached hydrogens (tertiary/aromatic N) is 2. The number of alkyl halides is 1. The molecule has 0 saturated heterocycles. The molecule has 14 heavy (non-hydrogen) atoms. The lowest BCUT2D eigenvalue weighted by atomic mass is 9.96. The third-order valence-corrected chi connectivity index (χ3v) is 2.85. The van der Waals surface area contributed by atoms with E-state index in [1.807, 2.05) is 0 Å². The molecule has 0 bridgehead atoms. The molecule has 1 rings (SSSR count). The molecule has 0 atom stereocenters. The third-order valence-electron chi connectivity index (χ3n) is 2.60. The predicted octanol–water partition coefficient (Wildman–Crippen LogP) is 2.21. The van der Waals surface area contributed by atoms with E-state index in [9.17, 15) is 0 Å². The molecule has 0 spiro atoms. The van der Waals surface area contributed by atoms with E-state index in [4.69, 9.17) is 16.3 Å². The molecule has 0 aliphatic carbocycles. The minimum absolute atomic E-state index is 0.347. The number of aromatic nitrogens is 3. The average Bonchev–Trinajstić information content (AvgIpc) is 2.71. The van der Waals surface area contributed by atoms with Gasteiger partial charge < -0.3 is 4.74 Å². The minimum Gasteiger partial charge on any atom is -0.370 e. The minimum atomic E-state index is -0.374. The summed E-state index contributed by atoms with van der Waals surface area (Å²) in [5.74, 6) is 1.73. The van der Waals surface area contributed by atoms with Gasteiger partial charge in [-0.25, -0.2) is 4.98 Å². The normalized spacial score (nSPS) is 12.0. The highest BCUT2D eigenvalue weighted by Gasteiger charge is 2.32. The Hall–Kier alpha value is -0.610. The Kier molecular flexibility index (Phi) is 3.89. The van der Waals surface area contributed by atoms with Crippen molar-refractivity contribution in [1.82, 2.24) is 15.2 Å². The summed E-state index contributed by atoms with van der Waals surface area (Å²) in [5, 5.41) is 6.92. The Bertz CT molecular complexity index is 275. The monoisotopic (exact) mass is 217 g/mol. The molecular weight excluding hydrogens is 202 g/mol. The van der Waals surface area contributed by atoms with E-state index in [2.05, 4.69) is 29.0 Å². The van der Waals surface area contributed by atoms with Gasteiger partial charge >= 0.3 is 0 Å². The van der Waals surface area contributed by atoms with Gasteiger partial charge in [0, 0.05) is 7.11 Å². The van der Waals surface area contributed by atoms with Gasteiger partial charge in [0.2, 0.25) is 0 Å². The zero-order valence-electron chi connectivity index (χ0n) is 8.80. The summed E-state index contributed by atoms with van der Waals surface area (Å²) < 4.78 is 5.49. The van der Waals surface area contributed by atoms with Gasteiger partial charge in [0.25, 0.3) is 0 Å². The van der Waals surface area contributed by atoms with Crippen molar-refractivity contribution in [3.63, 3.8) is 0 Å². The summed E-state index contributed by atoms with van der Waals surface area (Å²) in [6, 6.07) is 0. The molecule has 0 aliphatic rings. The molecule has 0 radical (unpaired) electrons. The van der Waals surface area contributed by atoms with Gasteiger partial charge in [-0.05, 0) is 12.8 Å². The lowest BCUT2D eigenvalue weighted by Crippen LogP contribution is -2.28. The van der Waals surface area contributed by atoms with E-state index >= 15 is 0 Å². The van der Waals surface area contributed by atoms with Crippen LogP contribution in [0.3, 0.4) is 0 Å². The van der Waals surface area contributed by atoms with E-state index in [0.717, 1.165) is 12.8 Å². The number of hydrogen-bond acceptors (Lipinski definition) is 3. The molecule has 0 saturated carbocycles. The molecule has 1 aromatic rings. The van der Waals surface area contributed by atoms with Crippen molar-refractivity contribution >= 4 is 11.6 Å². The van der Waals surface area contributed by atoms with Crippen molar-refractivity contribution in [2.24, 2.45) is 0 Å². The summed E-state index contributed by atoms with van der Waals surface area (Å²) in [5.41, 5.74) is -0.374. The number of ether oxygens (including phenoxy) is 1. The molecular formula is C9H16ClN3O. The van der Waals surface area contributed by atoms with Crippen molar-refractivity contribution in [2.45, 2.75) is 38.2 Å². The van der Waals surface area contributed by atoms with E-state index in [-0.39, 0.29) is 5.60 Å². The summed E-state index contributed by atoms with van der Waals surface area (Å²) in [6.07, 6.45) is 1.69. The van der Waals surface area contributed by atoms with Gasteiger partial charge in [-0.3, -0.25) is 5.10 Å². The lowest BCUT2D eigenvalue weighted by Gasteiger charge is -2.26. The van der Waals surface area contributed by atoms with Crippen molar-refractivity contribution in [3.05, 3.63) is 11.6 Å². The van der Waals surface area contributed by atoms with Crippen LogP contribution >= 0.6 is 11.6 Å². The van der Waals surface area contributed by atoms with Crippen LogP contribution in [0, 0.1) is 0 Å². The first kappa shape index (κ1) is 11.5. The summed E-state index contributed by atoms with van der Waals surface area (Å²) in [4.78, 5) is 4.29. The fourth-order valence-corrected chi connectivity index (χ4v) is 1.62. The topological polar surface area (TPSA) is 50.8 Å². The lowest BCUT2D eigenvalue weighted by molar-refractivity contribution is -0.0289. The first-order valence-corrected chi connectivity index (χ1v) is 5.28. The molecule has 80 valence electrons. The van der Waals surface area contributed by atoms with E-state index in [1.165, 1.54) is 0 Å². The number of methoxy groups -OCH3 is 1. The molecule has 0 aromatic carbocycles. The Morgan fingerprint density at radius 2 is 2.07 bits per heavy atom. The smallest absolute Gasteiger partial charge is 0.182 e. The Balaban J connectivity index is 2.98. The van der Waals surface area contributed by atoms with Crippen LogP contribution in [-0.4, -0.2) is 22.3 Å². The van der Waals surface area contributed by atoms with E-state index < -0.39 is 0 Å². The largest absolute Gasteiger partial charge is 0.370 e. The first-order valence-electron chi connectivity index (χ1n) is 4.75. The van der Waals surface area contributed by atoms with Crippen LogP contribution in [0.2, 0.25) is 0 Å². The van der Waals surface area contributed by atoms with Gasteiger partial charge in [0.15, 0.2) is 5.82 Å². The standard InChI is InChI=1S/C9H16ClN3O/c1-4-9(5-2,14-3)8-11-7(6-10)12-13-8/h4-6H2,1-3H3,(H,11,12,13). The molecule has 1 aromatic heterocycles. The zero-order chi connectivity index (χ0) is 10.6. The van der Waals surface area contributed by atoms with Gasteiger partial charge in [-0.15, -0.1) is 11.6 Å². The van der Waals surface area contributed by atoms with Gasteiger partial charge in [-0.1, -0.05) is 13.8 Å². The van der Waals surface area contributed by atoms with Crippen molar-refractivity contribution in [3.8, 4) is 0 Å². The maximum atomic E-state index is 5.65. The van der Waals surface area contributed by atoms with E-state index in [1.54, 1.807) is 7.11 Å². The Labute approximate surface area is 89.0 Å². The number of hydrogen-bond donors (Lipinski definition) is 1. The number of halogens is 1. The summed E-state index contributed by atoms with van der Waals surface area (Å²) in [7, 11) is 1.68. The first-order chi connectivity index (χ1) is 6.72. The molecule has 1 heterocycles. The molecule has 0 unspecified atom stereocenters. The van der Waals surface area contributed by atoms with Gasteiger partial charge in [0.05, 0.1) is 5.88 Å². The molecule has 0 amide bonds. The number of rotatable bonds is 5. The molecule has 0 aliphatic heterocycles. The van der Waals surface area contributed by atoms with Crippen LogP contribution in [0.5, 0.6) is 0 Å². The van der Waals surface area contributed by atoms with Crippen LogP contribution in [0.25, 0.3) is 0 Å². The fraction of sp³-hybridized carbons (Fsp3) is 0.778. The summed E-state index contributed by atoms with van der Waals surface area (Å²) >= 11 is 5.65. The quantitative estimate of drug-likeness (QED) is 0.770. The van der Waals surface area contributed by atoms with E-state index in [0.29, 0.717) is 17.5 Å². The maximum Gasteiger partial charge on any atom is 0.182 e. The highest BCUT2D eigenvalue weighted by atomic mass is 35.5. The average molecular weight is 218 g/mol. The Morgan fingerprint density at radius 3 is 2.43 bits per heavy atom. The van der Waals surface area contributed by atoms with Crippen LogP contribution in [0.15, 0.2) is 0 Å². The van der Waals surface area contributed by atoms with Crippen LogP contribution in [0.1, 0.15) is 38.3 Å². The van der Waals surface area contributed by atoms with Gasteiger partial charge in [0.1, 0.15) is 11.4 Å². The number of H-pyrrole nitrogens is 1. The maximum absolute atomic E-state index is 5.65. The second-order valence-electron chi connectivity index (χ2n) is 3.14. The highest BCUT2D eigenvalue weighted by Crippen LogP contribution is 2.29. The molecule has 0 fully saturated rings. The SMILES string of the molecule is CCC(CC)(OC)c1n[nH]c(CCl)n1. The molecule has 4 nitrogen and oxygen atoms in total. The number of aromatic amines is 1. The number of nitrogens with one attached hydrogen (secondary N) is 1. The van der Waals surface area contributed by atoms with Crippen LogP contribution in [-0.2, 0) is 16.2 Å². The highest BCUT2D eigenvalue weighted by molar-refractivity contribution is 6.16. The summed E-state index contributed by atoms with van der Waals surface area (Å²) in [6.45, 7) is 4.12. The third kappa shape index (κ3) is 1.91. The van der Waals surface area contributed by atoms with Crippen molar-refractivity contribution in [2.75, 3.05) is 7.11 Å². The van der Waals surface area contributed by atoms with Crippen LogP contribution < -0.4 is 0 Å². The van der Waals surface area contributed by atoms with Crippen molar-refractivity contribution in [1.29, 1.82) is 0 Å². The van der Waals surface area contributed by atoms with Gasteiger partial charge in [-0.2, -0.15) is 5.10 Å². The van der Waals surface area contributed by atoms with Crippen LogP contribution in [0.4, 0.5) is 0 Å².